The van der Waals surface area contributed by atoms with Gasteiger partial charge in [0.15, 0.2) is 0 Å². The normalized spacial score (nSPS) is 23.5. The minimum Gasteiger partial charge on any atom is -0.508 e. The van der Waals surface area contributed by atoms with Gasteiger partial charge in [0.1, 0.15) is 71.3 Å². The molecule has 530 valence electrons. The van der Waals surface area contributed by atoms with E-state index in [9.17, 15) is 66.9 Å². The van der Waals surface area contributed by atoms with Crippen LogP contribution in [0.2, 0.25) is 0 Å². The lowest BCUT2D eigenvalue weighted by molar-refractivity contribution is -0.147. The van der Waals surface area contributed by atoms with E-state index in [1.165, 1.54) is 110 Å². The van der Waals surface area contributed by atoms with Gasteiger partial charge in [0, 0.05) is 98.0 Å². The number of fused-ring (bicyclic) bond motifs is 5. The van der Waals surface area contributed by atoms with E-state index in [-0.39, 0.29) is 79.6 Å². The van der Waals surface area contributed by atoms with Crippen molar-refractivity contribution in [1.29, 1.82) is 0 Å². The number of aliphatic carboxylic acids is 1. The molecule has 16 N–H and O–H groups in total. The van der Waals surface area contributed by atoms with Crippen molar-refractivity contribution in [3.05, 3.63) is 131 Å². The lowest BCUT2D eigenvalue weighted by Crippen LogP contribution is -2.63. The molecule has 34 heteroatoms. The molecular weight excluding hydrogens is 1310 g/mol. The number of benzene rings is 3. The number of hydrogen-bond donors (Lipinski definition) is 15. The molecule has 3 aromatic carbocycles. The van der Waals surface area contributed by atoms with Crippen molar-refractivity contribution < 1.29 is 76.5 Å². The highest BCUT2D eigenvalue weighted by atomic mass is 19.1. The van der Waals surface area contributed by atoms with Crippen LogP contribution in [-0.4, -0.2) is 188 Å². The number of carboxylic acid groups (broad SMARTS) is 1. The van der Waals surface area contributed by atoms with Crippen LogP contribution in [0.15, 0.2) is 91.8 Å². The number of aromatic nitrogens is 7. The summed E-state index contributed by atoms with van der Waals surface area (Å²) in [6.45, 7) is 3.47. The minimum absolute atomic E-state index is 0.0159. The van der Waals surface area contributed by atoms with E-state index in [2.05, 4.69) is 78.1 Å². The fourth-order valence-electron chi connectivity index (χ4n) is 12.1. The Bertz CT molecular complexity index is 4200. The number of carboxylic acids is 1. The molecule has 100 heavy (non-hydrogen) atoms. The zero-order valence-corrected chi connectivity index (χ0v) is 54.7. The van der Waals surface area contributed by atoms with Gasteiger partial charge in [-0.1, -0.05) is 17.3 Å². The molecule has 2 bridgehead atoms. The molecule has 4 aromatic heterocycles. The fourth-order valence-corrected chi connectivity index (χ4v) is 12.1. The topological polar surface area (TPSA) is 474 Å². The fraction of sp³-hybridized carbons (Fsp3) is 0.409. The molecule has 0 aliphatic carbocycles. The Hall–Kier alpha value is -11.6. The maximum absolute atomic E-state index is 15.2. The maximum Gasteiger partial charge on any atom is 0.305 e. The number of primary amides is 1. The Balaban J connectivity index is 1.06. The summed E-state index contributed by atoms with van der Waals surface area (Å²) < 4.78 is 31.3. The van der Waals surface area contributed by atoms with Crippen molar-refractivity contribution in [2.75, 3.05) is 13.1 Å². The van der Waals surface area contributed by atoms with Crippen LogP contribution in [0.1, 0.15) is 93.8 Å². The van der Waals surface area contributed by atoms with Crippen molar-refractivity contribution in [2.24, 2.45) is 5.73 Å². The number of amides is 11. The van der Waals surface area contributed by atoms with E-state index in [1.54, 1.807) is 6.20 Å². The quantitative estimate of drug-likeness (QED) is 0.0727. The zero-order chi connectivity index (χ0) is 71.9. The van der Waals surface area contributed by atoms with E-state index in [1.807, 2.05) is 0 Å². The van der Waals surface area contributed by atoms with Gasteiger partial charge in [-0.15, -0.1) is 5.10 Å². The number of phenolic OH excluding ortho intramolecular Hbond substituents is 1. The molecule has 1 saturated heterocycles. The molecule has 6 heterocycles. The minimum atomic E-state index is -2.07. The number of aryl methyl sites for hydroxylation is 2. The summed E-state index contributed by atoms with van der Waals surface area (Å²) in [5, 5.41) is 52.4. The largest absolute Gasteiger partial charge is 0.508 e. The number of aromatic amines is 3. The highest BCUT2D eigenvalue weighted by Gasteiger charge is 2.49. The van der Waals surface area contributed by atoms with E-state index in [0.29, 0.717) is 40.5 Å². The van der Waals surface area contributed by atoms with Gasteiger partial charge >= 0.3 is 5.97 Å². The van der Waals surface area contributed by atoms with Crippen LogP contribution >= 0.6 is 0 Å². The van der Waals surface area contributed by atoms with Crippen LogP contribution in [0.4, 0.5) is 8.78 Å². The van der Waals surface area contributed by atoms with Gasteiger partial charge < -0.3 is 83.6 Å². The van der Waals surface area contributed by atoms with Gasteiger partial charge in [-0.05, 0) is 124 Å². The smallest absolute Gasteiger partial charge is 0.305 e. The Morgan fingerprint density at radius 3 is 1.88 bits per heavy atom. The zero-order valence-electron chi connectivity index (χ0n) is 54.7. The Morgan fingerprint density at radius 1 is 0.680 bits per heavy atom. The highest BCUT2D eigenvalue weighted by molar-refractivity contribution is 6.01. The number of rotatable bonds is 12. The molecule has 7 aromatic rings. The maximum atomic E-state index is 15.2. The molecule has 2 aliphatic heterocycles. The second-order valence-corrected chi connectivity index (χ2v) is 25.0. The molecule has 0 spiro atoms. The summed E-state index contributed by atoms with van der Waals surface area (Å²) in [7, 11) is 0. The van der Waals surface area contributed by atoms with E-state index in [4.69, 9.17) is 5.73 Å². The number of phenols is 1. The van der Waals surface area contributed by atoms with Crippen LogP contribution in [-0.2, 0) is 96.2 Å². The SMILES string of the molecule is CC(=O)N[C@H]1CCCCn2cc(nn2)CC[C@@H](C(N)=O)NC(=O)[C@]2(C)CCCN2C(=O)[C@H](Cc2ccc(O)cc2)NC(=O)[C@H](Cc2cnc[nH]2)NC(=O)[C@H](CC(=O)O)NC(=O)C(Cc2c[nH]c3ccc(F)cc23)NC(=O)[C@H](Cc2c[nH]c3ccc(F)cc23)NC(=O)CNC(=O)[C@H](C)NC1=O. The number of carbonyl (C=O) groups excluding carboxylic acids is 11. The average molecular weight is 1390 g/mol. The molecule has 0 saturated carbocycles. The van der Waals surface area contributed by atoms with E-state index < -0.39 is 169 Å². The first-order valence-electron chi connectivity index (χ1n) is 32.3. The molecule has 2 aliphatic rings. The first kappa shape index (κ1) is 72.7. The average Bonchev–Trinajstić information content (AvgIpc) is 1.60. The molecule has 11 amide bonds. The summed E-state index contributed by atoms with van der Waals surface area (Å²) in [6.07, 6.45) is 5.61. The van der Waals surface area contributed by atoms with Gasteiger partial charge in [0.25, 0.3) is 0 Å². The van der Waals surface area contributed by atoms with Crippen molar-refractivity contribution in [3.8, 4) is 5.75 Å². The number of nitrogens with one attached hydrogen (secondary N) is 12. The standard InChI is InChI=1S/C66H78F2N18O14/c1-34-58(93)73-31-55(89)77-50(22-37-28-71-46-15-10-39(67)24-44(37)46)60(95)78-51(23-38-29-72-47-16-11-40(68)25-45(38)47)61(96)80-53(27-56(90)91)63(98)79-52(26-42-30-70-33-74-42)62(97)81-54(21-36-8-13-43(88)14-9-36)64(99)86-20-6-18-66(86,3)65(100)82-48(57(69)92)17-12-41-32-85(84-83-41)19-5-4-7-49(59(94)75-34)76-35(2)87/h8-11,13-16,24-25,28-30,32-34,48-54,71-72,88H,4-7,12,17-23,26-27,31H2,1-3H3,(H2,69,92)(H,70,74)(H,73,93)(H,75,94)(H,76,87)(H,77,89)(H,78,95)(H,79,98)(H,80,96)(H,81,97)(H,82,100)(H,90,91)/t34-,48-,49-,50-,51?,52-,53-,54-,66-/m0/s1. The molecule has 0 radical (unpaired) electrons. The molecule has 9 atom stereocenters. The Labute approximate surface area is 569 Å². The predicted molar refractivity (Wildman–Crippen MR) is 351 cm³/mol. The third kappa shape index (κ3) is 18.9. The predicted octanol–water partition coefficient (Wildman–Crippen LogP) is -0.590. The third-order valence-electron chi connectivity index (χ3n) is 17.5. The first-order chi connectivity index (χ1) is 47.7. The number of carbonyl (C=O) groups is 12. The van der Waals surface area contributed by atoms with Gasteiger partial charge in [-0.2, -0.15) is 0 Å². The third-order valence-corrected chi connectivity index (χ3v) is 17.5. The van der Waals surface area contributed by atoms with Crippen molar-refractivity contribution in [1.82, 2.24) is 87.7 Å². The molecule has 9 rings (SSSR count). The summed E-state index contributed by atoms with van der Waals surface area (Å²) >= 11 is 0. The highest BCUT2D eigenvalue weighted by Crippen LogP contribution is 2.31. The number of aromatic hydroxyl groups is 1. The summed E-state index contributed by atoms with van der Waals surface area (Å²) in [6, 6.07) is 0.639. The van der Waals surface area contributed by atoms with Crippen molar-refractivity contribution >= 4 is 92.8 Å². The molecular formula is C66H78F2N18O14. The number of halogens is 2. The number of hydrogen-bond acceptors (Lipinski definition) is 16. The second kappa shape index (κ2) is 32.6. The summed E-state index contributed by atoms with van der Waals surface area (Å²) in [4.78, 5) is 183. The van der Waals surface area contributed by atoms with Crippen LogP contribution in [0.5, 0.6) is 5.75 Å². The van der Waals surface area contributed by atoms with E-state index in [0.717, 1.165) is 6.07 Å². The Kier molecular flexibility index (Phi) is 23.7. The Morgan fingerprint density at radius 2 is 1.28 bits per heavy atom. The lowest BCUT2D eigenvalue weighted by atomic mass is 9.94. The molecule has 1 fully saturated rings. The lowest BCUT2D eigenvalue weighted by Gasteiger charge is -2.37. The van der Waals surface area contributed by atoms with Crippen molar-refractivity contribution in [2.45, 2.75) is 158 Å². The second-order valence-electron chi connectivity index (χ2n) is 25.0. The van der Waals surface area contributed by atoms with Gasteiger partial charge in [0.2, 0.25) is 65.0 Å². The van der Waals surface area contributed by atoms with E-state index >= 15 is 9.59 Å². The van der Waals surface area contributed by atoms with Crippen LogP contribution in [0.25, 0.3) is 21.8 Å². The molecule has 32 nitrogen and oxygen atoms in total. The number of nitrogens with two attached hydrogens (primary N) is 1. The summed E-state index contributed by atoms with van der Waals surface area (Å²) in [5.74, 6) is -13.3. The van der Waals surface area contributed by atoms with Crippen molar-refractivity contribution in [3.63, 3.8) is 0 Å². The monoisotopic (exact) mass is 1380 g/mol. The summed E-state index contributed by atoms with van der Waals surface area (Å²) in [5.41, 5.74) is 6.59. The number of nitrogens with zero attached hydrogens (tertiary/aromatic N) is 5. The van der Waals surface area contributed by atoms with Crippen LogP contribution in [0, 0.1) is 11.6 Å². The van der Waals surface area contributed by atoms with Gasteiger partial charge in [-0.25, -0.2) is 13.8 Å². The molecule has 1 unspecified atom stereocenters. The van der Waals surface area contributed by atoms with Crippen LogP contribution in [0.3, 0.4) is 0 Å². The number of H-pyrrole nitrogens is 3. The van der Waals surface area contributed by atoms with Crippen LogP contribution < -0.4 is 53.6 Å². The van der Waals surface area contributed by atoms with Gasteiger partial charge in [-0.3, -0.25) is 62.2 Å². The first-order valence-corrected chi connectivity index (χ1v) is 32.3. The number of imidazole rings is 1. The van der Waals surface area contributed by atoms with Gasteiger partial charge in [0.05, 0.1) is 25.0 Å².